The molecule has 26 heavy (non-hydrogen) atoms. The van der Waals surface area contributed by atoms with Crippen LogP contribution < -0.4 is 0 Å². The summed E-state index contributed by atoms with van der Waals surface area (Å²) in [4.78, 5) is 0. The molecule has 0 aromatic carbocycles. The number of alkyl halides is 12. The summed E-state index contributed by atoms with van der Waals surface area (Å²) in [5.41, 5.74) is 0. The van der Waals surface area contributed by atoms with Gasteiger partial charge in [-0.05, 0) is 0 Å². The molecule has 0 rings (SSSR count). The van der Waals surface area contributed by atoms with Crippen LogP contribution >= 0.6 is 0 Å². The van der Waals surface area contributed by atoms with Crippen molar-refractivity contribution in [2.75, 3.05) is 0 Å². The third kappa shape index (κ3) is 10.0. The van der Waals surface area contributed by atoms with Crippen molar-refractivity contribution in [2.24, 2.45) is 0 Å². The van der Waals surface area contributed by atoms with Gasteiger partial charge in [0.2, 0.25) is 0 Å². The Morgan fingerprint density at radius 2 is 0.808 bits per heavy atom. The zero-order valence-electron chi connectivity index (χ0n) is 12.3. The molecular formula is C7H5BF12O4Zn2. The Morgan fingerprint density at radius 1 is 0.577 bits per heavy atom. The first-order valence-corrected chi connectivity index (χ1v) is 10.9. The Labute approximate surface area is 153 Å². The number of hydrogen-bond donors (Lipinski definition) is 0. The van der Waals surface area contributed by atoms with Gasteiger partial charge in [-0.15, -0.1) is 0 Å². The molecule has 0 bridgehead atoms. The molecule has 0 aliphatic carbocycles. The van der Waals surface area contributed by atoms with E-state index < -0.39 is 79.7 Å². The zero-order valence-corrected chi connectivity index (χ0v) is 18.2. The fraction of sp³-hybridized carbons (Fsp3) is 1.00. The van der Waals surface area contributed by atoms with E-state index in [1.54, 1.807) is 0 Å². The van der Waals surface area contributed by atoms with E-state index in [2.05, 4.69) is 14.1 Å². The maximum atomic E-state index is 12.1. The molecular weight excluding hydrogens is 518 g/mol. The third-order valence-corrected chi connectivity index (χ3v) is 6.77. The minimum atomic E-state index is -5.77. The van der Waals surface area contributed by atoms with Crippen LogP contribution in [0.5, 0.6) is 0 Å². The van der Waals surface area contributed by atoms with E-state index in [0.29, 0.717) is 0 Å². The molecule has 0 aromatic rings. The van der Waals surface area contributed by atoms with Crippen molar-refractivity contribution in [1.82, 2.24) is 0 Å². The molecule has 0 aromatic heterocycles. The first-order valence-electron chi connectivity index (χ1n) is 6.10. The van der Waals surface area contributed by atoms with Crippen molar-refractivity contribution >= 4 is 7.12 Å². The topological polar surface area (TPSA) is 36.9 Å². The summed E-state index contributed by atoms with van der Waals surface area (Å²) in [6, 6.07) is 0. The van der Waals surface area contributed by atoms with Crippen molar-refractivity contribution < 1.29 is 102 Å². The molecule has 0 saturated carbocycles. The molecule has 0 amide bonds. The molecule has 19 heteroatoms. The average molecular weight is 523 g/mol. The quantitative estimate of drug-likeness (QED) is 0.357. The summed E-state index contributed by atoms with van der Waals surface area (Å²) in [6.07, 6.45) is -31.3. The second-order valence-electron chi connectivity index (χ2n) is 4.40. The van der Waals surface area contributed by atoms with Crippen molar-refractivity contribution in [1.29, 1.82) is 0 Å². The van der Waals surface area contributed by atoms with Gasteiger partial charge in [0.15, 0.2) is 0 Å². The van der Waals surface area contributed by atoms with Gasteiger partial charge in [-0.25, -0.2) is 0 Å². The minimum absolute atomic E-state index is 0.843. The summed E-state index contributed by atoms with van der Waals surface area (Å²) in [5.74, 6) is 0. The first-order chi connectivity index (χ1) is 11.4. The van der Waals surface area contributed by atoms with Crippen LogP contribution in [0.2, 0.25) is 6.82 Å². The number of halogens is 12. The van der Waals surface area contributed by atoms with Gasteiger partial charge in [0.05, 0.1) is 0 Å². The molecule has 0 fully saturated rings. The van der Waals surface area contributed by atoms with E-state index in [0.717, 1.165) is 6.82 Å². The second kappa shape index (κ2) is 9.68. The van der Waals surface area contributed by atoms with Gasteiger partial charge in [-0.1, -0.05) is 0 Å². The Hall–Kier alpha value is 0.312. The van der Waals surface area contributed by atoms with Gasteiger partial charge < -0.3 is 0 Å². The van der Waals surface area contributed by atoms with Crippen LogP contribution in [0, 0.1) is 0 Å². The molecule has 0 saturated heterocycles. The summed E-state index contributed by atoms with van der Waals surface area (Å²) >= 11 is -6.90. The van der Waals surface area contributed by atoms with Crippen LogP contribution in [0.4, 0.5) is 52.7 Å². The van der Waals surface area contributed by atoms with Crippen molar-refractivity contribution in [3.8, 4) is 0 Å². The van der Waals surface area contributed by atoms with Crippen molar-refractivity contribution in [2.45, 2.75) is 43.7 Å². The maximum absolute atomic E-state index is 12.1. The zero-order chi connectivity index (χ0) is 21.0. The summed E-state index contributed by atoms with van der Waals surface area (Å²) in [7, 11) is -1.68. The van der Waals surface area contributed by atoms with Crippen molar-refractivity contribution in [3.05, 3.63) is 0 Å². The molecule has 0 heterocycles. The van der Waals surface area contributed by atoms with E-state index in [9.17, 15) is 52.7 Å². The molecule has 0 aliphatic heterocycles. The van der Waals surface area contributed by atoms with E-state index in [-0.39, 0.29) is 0 Å². The van der Waals surface area contributed by atoms with Gasteiger partial charge in [0.25, 0.3) is 0 Å². The van der Waals surface area contributed by atoms with E-state index in [1.807, 2.05) is 0 Å². The Kier molecular flexibility index (Phi) is 9.80. The first kappa shape index (κ1) is 26.3. The van der Waals surface area contributed by atoms with E-state index >= 15 is 0 Å². The van der Waals surface area contributed by atoms with Gasteiger partial charge in [0.1, 0.15) is 0 Å². The molecule has 0 unspecified atom stereocenters. The summed E-state index contributed by atoms with van der Waals surface area (Å²) in [6.45, 7) is 0.843. The van der Waals surface area contributed by atoms with Gasteiger partial charge >= 0.3 is 153 Å². The van der Waals surface area contributed by atoms with Crippen LogP contribution in [-0.4, -0.2) is 44.0 Å². The molecule has 0 aliphatic rings. The van der Waals surface area contributed by atoms with Gasteiger partial charge in [-0.3, -0.25) is 0 Å². The van der Waals surface area contributed by atoms with Crippen LogP contribution in [0.15, 0.2) is 0 Å². The molecule has 0 radical (unpaired) electrons. The standard InChI is InChI=1S/2C3HF6O.CH3BO2.2Zn/c2*4-2(5,6)1(10)3(7,8)9;1-2(3)4;;/h2*1H;1H3;;/q2*-1;-2;2*+2. The molecule has 0 N–H and O–H groups in total. The Bertz CT molecular complexity index is 358. The monoisotopic (exact) mass is 520 g/mol. The Balaban J connectivity index is 4.42. The van der Waals surface area contributed by atoms with E-state index in [1.165, 1.54) is 0 Å². The number of rotatable bonds is 8. The predicted octanol–water partition coefficient (Wildman–Crippen LogP) is 3.98. The normalized spacial score (nSPS) is 13.8. The molecule has 0 atom stereocenters. The number of hydrogen-bond acceptors (Lipinski definition) is 4. The van der Waals surface area contributed by atoms with Crippen LogP contribution in [0.1, 0.15) is 0 Å². The molecule has 4 nitrogen and oxygen atoms in total. The van der Waals surface area contributed by atoms with Gasteiger partial charge in [0, 0.05) is 0 Å². The van der Waals surface area contributed by atoms with Crippen LogP contribution in [0.25, 0.3) is 0 Å². The average Bonchev–Trinajstić information content (AvgIpc) is 2.33. The fourth-order valence-corrected chi connectivity index (χ4v) is 5.75. The van der Waals surface area contributed by atoms with E-state index in [4.69, 9.17) is 0 Å². The Morgan fingerprint density at radius 3 is 1.00 bits per heavy atom. The van der Waals surface area contributed by atoms with Crippen LogP contribution in [0.3, 0.4) is 0 Å². The predicted molar refractivity (Wildman–Crippen MR) is 47.8 cm³/mol. The SMILES string of the molecule is CB([O][Zn][O]C(C(F)(F)F)C(F)(F)F)[O][Zn][O]C(C(F)(F)F)C(F)(F)F. The van der Waals surface area contributed by atoms with Gasteiger partial charge in [-0.2, -0.15) is 0 Å². The molecule has 0 spiro atoms. The van der Waals surface area contributed by atoms with Crippen LogP contribution in [-0.2, 0) is 49.8 Å². The van der Waals surface area contributed by atoms with Crippen molar-refractivity contribution in [3.63, 3.8) is 0 Å². The molecule has 148 valence electrons. The summed E-state index contributed by atoms with van der Waals surface area (Å²) in [5, 5.41) is 0. The second-order valence-corrected chi connectivity index (χ2v) is 8.18. The summed E-state index contributed by atoms with van der Waals surface area (Å²) < 4.78 is 162. The third-order valence-electron chi connectivity index (χ3n) is 2.26. The fourth-order valence-electron chi connectivity index (χ4n) is 1.20.